The van der Waals surface area contributed by atoms with E-state index in [1.165, 1.54) is 24.1 Å². The molecule has 1 unspecified atom stereocenters. The van der Waals surface area contributed by atoms with Crippen LogP contribution in [0.1, 0.15) is 36.3 Å². The molecule has 106 valence electrons. The highest BCUT2D eigenvalue weighted by molar-refractivity contribution is 7.98. The minimum Gasteiger partial charge on any atom is -0.394 e. The second-order valence-electron chi connectivity index (χ2n) is 5.06. The van der Waals surface area contributed by atoms with Gasteiger partial charge in [0.05, 0.1) is 12.6 Å². The highest BCUT2D eigenvalue weighted by Crippen LogP contribution is 2.26. The van der Waals surface area contributed by atoms with Crippen molar-refractivity contribution in [3.8, 4) is 0 Å². The molecule has 2 rings (SSSR count). The third-order valence-corrected chi connectivity index (χ3v) is 4.17. The van der Waals surface area contributed by atoms with E-state index in [4.69, 9.17) is 0 Å². The molecule has 1 aromatic rings. The maximum Gasteiger partial charge on any atom is 0.133 e. The molecule has 0 aromatic carbocycles. The van der Waals surface area contributed by atoms with Crippen LogP contribution >= 0.6 is 11.8 Å². The number of nitrogens with one attached hydrogen (secondary N) is 1. The normalized spacial score (nSPS) is 15.9. The van der Waals surface area contributed by atoms with E-state index in [1.54, 1.807) is 11.8 Å². The minimum atomic E-state index is 0.0905. The molecule has 0 radical (unpaired) electrons. The van der Waals surface area contributed by atoms with E-state index in [0.717, 1.165) is 36.7 Å². The Labute approximate surface area is 119 Å². The Bertz CT molecular complexity index is 425. The molecule has 0 saturated carbocycles. The molecule has 0 amide bonds. The number of aliphatic hydroxyl groups is 1. The van der Waals surface area contributed by atoms with E-state index in [1.807, 2.05) is 6.92 Å². The van der Waals surface area contributed by atoms with Crippen LogP contribution in [0.2, 0.25) is 0 Å². The Morgan fingerprint density at radius 1 is 1.32 bits per heavy atom. The topological polar surface area (TPSA) is 58.0 Å². The van der Waals surface area contributed by atoms with Crippen LogP contribution in [0.4, 0.5) is 5.82 Å². The van der Waals surface area contributed by atoms with E-state index in [9.17, 15) is 5.11 Å². The SMILES string of the molecule is CSCCC(CO)Nc1nc(C)nc2c1CCCC2. The van der Waals surface area contributed by atoms with Crippen LogP contribution in [0.25, 0.3) is 0 Å². The standard InChI is InChI=1S/C14H23N3OS/c1-10-15-13-6-4-3-5-12(13)14(16-10)17-11(9-18)7-8-19-2/h11,18H,3-9H2,1-2H3,(H,15,16,17). The summed E-state index contributed by atoms with van der Waals surface area (Å²) in [7, 11) is 0. The lowest BCUT2D eigenvalue weighted by Crippen LogP contribution is -2.27. The minimum absolute atomic E-state index is 0.0905. The number of nitrogens with zero attached hydrogens (tertiary/aromatic N) is 2. The van der Waals surface area contributed by atoms with Gasteiger partial charge in [0.2, 0.25) is 0 Å². The summed E-state index contributed by atoms with van der Waals surface area (Å²) in [6, 6.07) is 0.0905. The maximum absolute atomic E-state index is 9.47. The fourth-order valence-corrected chi connectivity index (χ4v) is 3.02. The first-order chi connectivity index (χ1) is 9.24. The molecule has 1 heterocycles. The van der Waals surface area contributed by atoms with Gasteiger partial charge in [0.25, 0.3) is 0 Å². The molecule has 0 bridgehead atoms. The number of hydrogen-bond donors (Lipinski definition) is 2. The fraction of sp³-hybridized carbons (Fsp3) is 0.714. The van der Waals surface area contributed by atoms with Gasteiger partial charge in [-0.05, 0) is 51.0 Å². The van der Waals surface area contributed by atoms with Crippen LogP contribution < -0.4 is 5.32 Å². The Kier molecular flexibility index (Phi) is 5.45. The van der Waals surface area contributed by atoms with E-state index in [2.05, 4.69) is 21.5 Å². The van der Waals surface area contributed by atoms with Gasteiger partial charge >= 0.3 is 0 Å². The Balaban J connectivity index is 2.16. The third-order valence-electron chi connectivity index (χ3n) is 3.53. The van der Waals surface area contributed by atoms with Gasteiger partial charge in [0.15, 0.2) is 0 Å². The van der Waals surface area contributed by atoms with Crippen molar-refractivity contribution in [3.63, 3.8) is 0 Å². The van der Waals surface area contributed by atoms with Crippen molar-refractivity contribution in [1.82, 2.24) is 9.97 Å². The van der Waals surface area contributed by atoms with Crippen molar-refractivity contribution < 1.29 is 5.11 Å². The van der Waals surface area contributed by atoms with Crippen molar-refractivity contribution in [3.05, 3.63) is 17.1 Å². The lowest BCUT2D eigenvalue weighted by atomic mass is 9.96. The summed E-state index contributed by atoms with van der Waals surface area (Å²) in [4.78, 5) is 9.09. The lowest BCUT2D eigenvalue weighted by Gasteiger charge is -2.22. The molecule has 0 spiro atoms. The summed E-state index contributed by atoms with van der Waals surface area (Å²) in [6.45, 7) is 2.09. The van der Waals surface area contributed by atoms with Crippen LogP contribution in [0.15, 0.2) is 0 Å². The quantitative estimate of drug-likeness (QED) is 0.837. The average molecular weight is 281 g/mol. The van der Waals surface area contributed by atoms with Crippen LogP contribution in [0.3, 0.4) is 0 Å². The zero-order chi connectivity index (χ0) is 13.7. The highest BCUT2D eigenvalue weighted by Gasteiger charge is 2.18. The molecule has 19 heavy (non-hydrogen) atoms. The van der Waals surface area contributed by atoms with Crippen molar-refractivity contribution in [2.45, 2.75) is 45.1 Å². The van der Waals surface area contributed by atoms with Crippen LogP contribution in [0.5, 0.6) is 0 Å². The summed E-state index contributed by atoms with van der Waals surface area (Å²) >= 11 is 1.80. The number of fused-ring (bicyclic) bond motifs is 1. The van der Waals surface area contributed by atoms with Crippen molar-refractivity contribution in [2.24, 2.45) is 0 Å². The molecular weight excluding hydrogens is 258 g/mol. The molecule has 1 aliphatic carbocycles. The summed E-state index contributed by atoms with van der Waals surface area (Å²) in [5.74, 6) is 2.82. The number of aliphatic hydroxyl groups excluding tert-OH is 1. The zero-order valence-electron chi connectivity index (χ0n) is 11.8. The van der Waals surface area contributed by atoms with Gasteiger partial charge in [-0.1, -0.05) is 0 Å². The Morgan fingerprint density at radius 2 is 2.11 bits per heavy atom. The largest absolute Gasteiger partial charge is 0.394 e. The summed E-state index contributed by atoms with van der Waals surface area (Å²) in [5, 5.41) is 12.9. The van der Waals surface area contributed by atoms with Crippen molar-refractivity contribution in [1.29, 1.82) is 0 Å². The van der Waals surface area contributed by atoms with Gasteiger partial charge in [-0.2, -0.15) is 11.8 Å². The van der Waals surface area contributed by atoms with Crippen molar-refractivity contribution >= 4 is 17.6 Å². The van der Waals surface area contributed by atoms with Gasteiger partial charge in [0, 0.05) is 11.3 Å². The predicted molar refractivity (Wildman–Crippen MR) is 80.9 cm³/mol. The highest BCUT2D eigenvalue weighted by atomic mass is 32.2. The van der Waals surface area contributed by atoms with Crippen molar-refractivity contribution in [2.75, 3.05) is 23.9 Å². The lowest BCUT2D eigenvalue weighted by molar-refractivity contribution is 0.272. The molecule has 5 heteroatoms. The molecule has 0 aliphatic heterocycles. The Hall–Kier alpha value is -0.810. The predicted octanol–water partition coefficient (Wildman–Crippen LogP) is 2.19. The van der Waals surface area contributed by atoms with Gasteiger partial charge in [-0.15, -0.1) is 0 Å². The molecule has 2 N–H and O–H groups in total. The van der Waals surface area contributed by atoms with Crippen LogP contribution in [-0.4, -0.2) is 39.7 Å². The third kappa shape index (κ3) is 3.83. The fourth-order valence-electron chi connectivity index (χ4n) is 2.50. The number of thioether (sulfide) groups is 1. The van der Waals surface area contributed by atoms with Gasteiger partial charge in [-0.25, -0.2) is 9.97 Å². The first-order valence-corrected chi connectivity index (χ1v) is 8.36. The smallest absolute Gasteiger partial charge is 0.133 e. The first-order valence-electron chi connectivity index (χ1n) is 6.97. The first kappa shape index (κ1) is 14.6. The molecule has 1 atom stereocenters. The summed E-state index contributed by atoms with van der Waals surface area (Å²) < 4.78 is 0. The maximum atomic E-state index is 9.47. The number of hydrogen-bond acceptors (Lipinski definition) is 5. The monoisotopic (exact) mass is 281 g/mol. The second kappa shape index (κ2) is 7.10. The molecular formula is C14H23N3OS. The van der Waals surface area contributed by atoms with Gasteiger partial charge < -0.3 is 10.4 Å². The molecule has 1 aliphatic rings. The van der Waals surface area contributed by atoms with E-state index < -0.39 is 0 Å². The number of anilines is 1. The average Bonchev–Trinajstić information content (AvgIpc) is 2.43. The van der Waals surface area contributed by atoms with E-state index >= 15 is 0 Å². The second-order valence-corrected chi connectivity index (χ2v) is 6.04. The molecule has 4 nitrogen and oxygen atoms in total. The number of aromatic nitrogens is 2. The summed E-state index contributed by atoms with van der Waals surface area (Å²) in [5.41, 5.74) is 2.46. The summed E-state index contributed by atoms with van der Waals surface area (Å²) in [6.07, 6.45) is 7.59. The number of aryl methyl sites for hydroxylation is 2. The van der Waals surface area contributed by atoms with Gasteiger partial charge in [-0.3, -0.25) is 0 Å². The van der Waals surface area contributed by atoms with E-state index in [-0.39, 0.29) is 12.6 Å². The molecule has 0 fully saturated rings. The van der Waals surface area contributed by atoms with Gasteiger partial charge in [0.1, 0.15) is 11.6 Å². The van der Waals surface area contributed by atoms with Crippen LogP contribution in [0, 0.1) is 6.92 Å². The molecule has 1 aromatic heterocycles. The van der Waals surface area contributed by atoms with E-state index in [0.29, 0.717) is 0 Å². The van der Waals surface area contributed by atoms with Crippen LogP contribution in [-0.2, 0) is 12.8 Å². The zero-order valence-corrected chi connectivity index (χ0v) is 12.6. The Morgan fingerprint density at radius 3 is 2.84 bits per heavy atom. The number of rotatable bonds is 6. The molecule has 0 saturated heterocycles.